The first-order valence-corrected chi connectivity index (χ1v) is 21.1. The van der Waals surface area contributed by atoms with Crippen LogP contribution in [-0.2, 0) is 21.0 Å². The fraction of sp³-hybridized carbons (Fsp3) is 0.629. The van der Waals surface area contributed by atoms with Gasteiger partial charge in [0.15, 0.2) is 0 Å². The number of hydrogen-bond donors (Lipinski definition) is 2. The largest absolute Gasteiger partial charge is 0.381 e. The summed E-state index contributed by atoms with van der Waals surface area (Å²) in [6, 6.07) is 3.71. The highest BCUT2D eigenvalue weighted by Gasteiger charge is 2.48. The third-order valence-electron chi connectivity index (χ3n) is 10.1. The summed E-state index contributed by atoms with van der Waals surface area (Å²) in [4.78, 5) is 31.8. The molecule has 2 aliphatic carbocycles. The normalized spacial score (nSPS) is 17.9. The van der Waals surface area contributed by atoms with Crippen molar-refractivity contribution in [1.29, 1.82) is 0 Å². The van der Waals surface area contributed by atoms with Gasteiger partial charge in [0.25, 0.3) is 5.91 Å². The molecule has 11 nitrogen and oxygen atoms in total. The van der Waals surface area contributed by atoms with E-state index in [1.807, 2.05) is 25.5 Å². The zero-order valence-corrected chi connectivity index (χ0v) is 30.1. The lowest BCUT2D eigenvalue weighted by atomic mass is 9.88. The molecule has 0 spiro atoms. The number of rotatable bonds is 14. The van der Waals surface area contributed by atoms with E-state index in [0.29, 0.717) is 60.8 Å². The van der Waals surface area contributed by atoms with E-state index in [9.17, 15) is 9.59 Å². The van der Waals surface area contributed by atoms with Gasteiger partial charge in [-0.25, -0.2) is 9.67 Å². The first-order chi connectivity index (χ1) is 22.9. The van der Waals surface area contributed by atoms with Gasteiger partial charge in [0.05, 0.1) is 23.5 Å². The molecule has 3 aromatic rings. The van der Waals surface area contributed by atoms with E-state index in [2.05, 4.69) is 45.5 Å². The SMILES string of the molecule is Cc1nn(COCC[Si](C)(C)C)c(C)c1-c1ccc(NC(=O)[C@@H](NC(=O)c2cnn(C3CCOCC3)c2C)C(C2CC2)C2CC2)nc1F. The standard InChI is InChI=1S/C35H50FN7O4Si/c1-21-30(23(3)42(41-21)20-47-17-18-48(4,5)6)27-11-12-29(38-33(27)36)39-35(45)32(31(24-7-8-24)25-9-10-25)40-34(44)28-19-37-43(22(28)2)26-13-15-46-16-14-26/h11-12,19,24-26,31-32H,7-10,13-18,20H2,1-6H3,(H,40,44)(H,38,39,45)/t32-/m0/s1. The lowest BCUT2D eigenvalue weighted by Crippen LogP contribution is -2.50. The highest BCUT2D eigenvalue weighted by Crippen LogP contribution is 2.51. The fourth-order valence-corrected chi connectivity index (χ4v) is 7.78. The second-order valence-electron chi connectivity index (χ2n) is 15.1. The number of aryl methyl sites for hydroxylation is 1. The molecule has 6 rings (SSSR count). The number of amides is 2. The second-order valence-corrected chi connectivity index (χ2v) is 20.7. The predicted octanol–water partition coefficient (Wildman–Crippen LogP) is 6.04. The minimum absolute atomic E-state index is 0.0213. The second kappa shape index (κ2) is 14.2. The summed E-state index contributed by atoms with van der Waals surface area (Å²) in [6.07, 6.45) is 7.45. The molecule has 3 aromatic heterocycles. The van der Waals surface area contributed by atoms with E-state index in [0.717, 1.165) is 56.0 Å². The van der Waals surface area contributed by atoms with Crippen LogP contribution in [0.2, 0.25) is 25.7 Å². The number of ether oxygens (including phenoxy) is 2. The number of aromatic nitrogens is 5. The van der Waals surface area contributed by atoms with Gasteiger partial charge in [0, 0.05) is 50.4 Å². The summed E-state index contributed by atoms with van der Waals surface area (Å²) < 4.78 is 30.7. The third kappa shape index (κ3) is 7.89. The van der Waals surface area contributed by atoms with Crippen LogP contribution in [0.4, 0.5) is 10.2 Å². The van der Waals surface area contributed by atoms with Crippen molar-refractivity contribution < 1.29 is 23.5 Å². The van der Waals surface area contributed by atoms with E-state index in [-0.39, 0.29) is 29.6 Å². The first-order valence-electron chi connectivity index (χ1n) is 17.4. The number of nitrogens with zero attached hydrogens (tertiary/aromatic N) is 5. The fourth-order valence-electron chi connectivity index (χ4n) is 7.03. The summed E-state index contributed by atoms with van der Waals surface area (Å²) in [5, 5.41) is 15.1. The van der Waals surface area contributed by atoms with Crippen molar-refractivity contribution in [1.82, 2.24) is 29.9 Å². The third-order valence-corrected chi connectivity index (χ3v) is 11.8. The number of halogens is 1. The zero-order chi connectivity index (χ0) is 34.2. The van der Waals surface area contributed by atoms with Gasteiger partial charge in [0.2, 0.25) is 11.9 Å². The van der Waals surface area contributed by atoms with Gasteiger partial charge < -0.3 is 20.1 Å². The molecule has 2 N–H and O–H groups in total. The van der Waals surface area contributed by atoms with Crippen LogP contribution >= 0.6 is 0 Å². The summed E-state index contributed by atoms with van der Waals surface area (Å²) in [7, 11) is -1.21. The molecule has 0 unspecified atom stereocenters. The smallest absolute Gasteiger partial charge is 0.255 e. The molecular weight excluding hydrogens is 630 g/mol. The number of pyridine rings is 1. The van der Waals surface area contributed by atoms with Gasteiger partial charge in [-0.15, -0.1) is 0 Å². The van der Waals surface area contributed by atoms with Crippen molar-refractivity contribution in [2.75, 3.05) is 25.1 Å². The molecular formula is C35H50FN7O4Si. The first kappa shape index (κ1) is 34.4. The summed E-state index contributed by atoms with van der Waals surface area (Å²) in [5.74, 6) is -0.505. The molecule has 48 heavy (non-hydrogen) atoms. The van der Waals surface area contributed by atoms with Crippen LogP contribution in [0.5, 0.6) is 0 Å². The molecule has 1 saturated heterocycles. The summed E-state index contributed by atoms with van der Waals surface area (Å²) in [6.45, 7) is 14.9. The number of carbonyl (C=O) groups is 2. The Morgan fingerprint density at radius 3 is 2.35 bits per heavy atom. The average Bonchev–Trinajstić information content (AvgIpc) is 3.98. The minimum Gasteiger partial charge on any atom is -0.381 e. The summed E-state index contributed by atoms with van der Waals surface area (Å²) >= 11 is 0. The highest BCUT2D eigenvalue weighted by molar-refractivity contribution is 6.76. The molecule has 1 aliphatic heterocycles. The molecule has 4 heterocycles. The van der Waals surface area contributed by atoms with Crippen LogP contribution in [-0.4, -0.2) is 70.3 Å². The van der Waals surface area contributed by atoms with Gasteiger partial charge in [-0.05, 0) is 95.2 Å². The Morgan fingerprint density at radius 2 is 1.73 bits per heavy atom. The van der Waals surface area contributed by atoms with Crippen LogP contribution in [0.3, 0.4) is 0 Å². The van der Waals surface area contributed by atoms with Crippen molar-refractivity contribution in [3.8, 4) is 11.1 Å². The van der Waals surface area contributed by atoms with Crippen LogP contribution in [0.1, 0.15) is 72.0 Å². The topological polar surface area (TPSA) is 125 Å². The van der Waals surface area contributed by atoms with Gasteiger partial charge in [-0.2, -0.15) is 14.6 Å². The highest BCUT2D eigenvalue weighted by atomic mass is 28.3. The van der Waals surface area contributed by atoms with E-state index in [1.54, 1.807) is 23.0 Å². The van der Waals surface area contributed by atoms with Crippen LogP contribution < -0.4 is 10.6 Å². The van der Waals surface area contributed by atoms with Crippen molar-refractivity contribution in [2.24, 2.45) is 17.8 Å². The number of hydrogen-bond acceptors (Lipinski definition) is 7. The van der Waals surface area contributed by atoms with E-state index >= 15 is 4.39 Å². The van der Waals surface area contributed by atoms with E-state index in [4.69, 9.17) is 9.47 Å². The maximum atomic E-state index is 15.6. The van der Waals surface area contributed by atoms with Crippen LogP contribution in [0.25, 0.3) is 11.1 Å². The van der Waals surface area contributed by atoms with Crippen LogP contribution in [0, 0.1) is 44.5 Å². The van der Waals surface area contributed by atoms with Gasteiger partial charge in [0.1, 0.15) is 18.6 Å². The van der Waals surface area contributed by atoms with Crippen molar-refractivity contribution in [3.63, 3.8) is 0 Å². The quantitative estimate of drug-likeness (QED) is 0.121. The molecule has 3 fully saturated rings. The van der Waals surface area contributed by atoms with Gasteiger partial charge >= 0.3 is 0 Å². The van der Waals surface area contributed by atoms with Gasteiger partial charge in [-0.3, -0.25) is 14.3 Å². The van der Waals surface area contributed by atoms with Gasteiger partial charge in [-0.1, -0.05) is 19.6 Å². The predicted molar refractivity (Wildman–Crippen MR) is 184 cm³/mol. The maximum Gasteiger partial charge on any atom is 0.255 e. The molecule has 13 heteroatoms. The Hall–Kier alpha value is -3.42. The van der Waals surface area contributed by atoms with Crippen LogP contribution in [0.15, 0.2) is 18.3 Å². The Morgan fingerprint density at radius 1 is 1.04 bits per heavy atom. The van der Waals surface area contributed by atoms with Crippen molar-refractivity contribution in [2.45, 2.75) is 104 Å². The lowest BCUT2D eigenvalue weighted by Gasteiger charge is -2.27. The zero-order valence-electron chi connectivity index (χ0n) is 29.1. The monoisotopic (exact) mass is 679 g/mol. The van der Waals surface area contributed by atoms with E-state index in [1.165, 1.54) is 0 Å². The molecule has 1 atom stereocenters. The molecule has 0 radical (unpaired) electrons. The number of nitrogens with one attached hydrogen (secondary N) is 2. The molecule has 0 bridgehead atoms. The molecule has 260 valence electrons. The Balaban J connectivity index is 1.17. The summed E-state index contributed by atoms with van der Waals surface area (Å²) in [5.41, 5.74) is 3.68. The van der Waals surface area contributed by atoms with Crippen molar-refractivity contribution >= 4 is 25.7 Å². The minimum atomic E-state index is -1.21. The molecule has 0 aromatic carbocycles. The molecule has 2 saturated carbocycles. The maximum absolute atomic E-state index is 15.6. The number of carbonyl (C=O) groups excluding carboxylic acids is 2. The Labute approximate surface area is 283 Å². The molecule has 2 amide bonds. The van der Waals surface area contributed by atoms with Crippen molar-refractivity contribution in [3.05, 3.63) is 46.9 Å². The number of anilines is 1. The average molecular weight is 680 g/mol. The lowest BCUT2D eigenvalue weighted by molar-refractivity contribution is -0.119. The molecule has 3 aliphatic rings. The Kier molecular flexibility index (Phi) is 10.2. The Bertz CT molecular complexity index is 1620. The van der Waals surface area contributed by atoms with E-state index < -0.39 is 20.1 Å².